The van der Waals surface area contributed by atoms with Gasteiger partial charge in [-0.3, -0.25) is 0 Å². The highest BCUT2D eigenvalue weighted by Crippen LogP contribution is 2.64. The standard InChI is InChI=1S/C13H18O3/c1-7-5-13(16-11(7)15)6-8-4-9(10(13)14)12(8,2)3/h8-10,14H,1,4-6H2,2-3H3. The van der Waals surface area contributed by atoms with Gasteiger partial charge in [-0.2, -0.15) is 0 Å². The molecule has 4 aliphatic rings. The average molecular weight is 222 g/mol. The predicted molar refractivity (Wildman–Crippen MR) is 58.6 cm³/mol. The Morgan fingerprint density at radius 2 is 2.19 bits per heavy atom. The lowest BCUT2D eigenvalue weighted by atomic mass is 9.44. The molecule has 1 heterocycles. The summed E-state index contributed by atoms with van der Waals surface area (Å²) in [5.41, 5.74) is 0.0660. The number of ether oxygens (including phenoxy) is 1. The number of hydrogen-bond acceptors (Lipinski definition) is 3. The van der Waals surface area contributed by atoms with Crippen molar-refractivity contribution in [3.8, 4) is 0 Å². The molecule has 0 aromatic heterocycles. The van der Waals surface area contributed by atoms with Crippen LogP contribution >= 0.6 is 0 Å². The first-order valence-corrected chi connectivity index (χ1v) is 5.96. The van der Waals surface area contributed by atoms with Gasteiger partial charge in [0.25, 0.3) is 0 Å². The molecule has 1 saturated heterocycles. The summed E-state index contributed by atoms with van der Waals surface area (Å²) in [6.07, 6.45) is 1.86. The van der Waals surface area contributed by atoms with E-state index in [1.54, 1.807) is 0 Å². The lowest BCUT2D eigenvalue weighted by molar-refractivity contribution is -0.240. The highest BCUT2D eigenvalue weighted by atomic mass is 16.6. The van der Waals surface area contributed by atoms with E-state index in [2.05, 4.69) is 20.4 Å². The van der Waals surface area contributed by atoms with Crippen molar-refractivity contribution < 1.29 is 14.6 Å². The van der Waals surface area contributed by atoms with Gasteiger partial charge in [0.2, 0.25) is 0 Å². The van der Waals surface area contributed by atoms with Crippen molar-refractivity contribution in [3.63, 3.8) is 0 Å². The van der Waals surface area contributed by atoms with Crippen molar-refractivity contribution in [1.29, 1.82) is 0 Å². The van der Waals surface area contributed by atoms with Crippen molar-refractivity contribution in [1.82, 2.24) is 0 Å². The van der Waals surface area contributed by atoms with Gasteiger partial charge in [-0.15, -0.1) is 0 Å². The summed E-state index contributed by atoms with van der Waals surface area (Å²) in [5, 5.41) is 10.4. The number of carbonyl (C=O) groups is 1. The van der Waals surface area contributed by atoms with E-state index in [-0.39, 0.29) is 17.3 Å². The third-order valence-corrected chi connectivity index (χ3v) is 5.16. The van der Waals surface area contributed by atoms with Crippen molar-refractivity contribution >= 4 is 5.97 Å². The van der Waals surface area contributed by atoms with Crippen LogP contribution in [0.15, 0.2) is 12.2 Å². The van der Waals surface area contributed by atoms with Gasteiger partial charge in [-0.1, -0.05) is 20.4 Å². The second-order valence-electron chi connectivity index (χ2n) is 6.24. The first kappa shape index (κ1) is 10.3. The Labute approximate surface area is 95.5 Å². The van der Waals surface area contributed by atoms with E-state index in [9.17, 15) is 9.90 Å². The van der Waals surface area contributed by atoms with Gasteiger partial charge in [0.1, 0.15) is 5.60 Å². The molecule has 88 valence electrons. The van der Waals surface area contributed by atoms with E-state index >= 15 is 0 Å². The normalized spacial score (nSPS) is 49.1. The summed E-state index contributed by atoms with van der Waals surface area (Å²) in [4.78, 5) is 11.4. The maximum Gasteiger partial charge on any atom is 0.334 e. The van der Waals surface area contributed by atoms with Crippen LogP contribution in [-0.2, 0) is 9.53 Å². The highest BCUT2D eigenvalue weighted by molar-refractivity contribution is 5.90. The maximum atomic E-state index is 11.4. The van der Waals surface area contributed by atoms with Crippen LogP contribution in [0, 0.1) is 17.3 Å². The zero-order valence-corrected chi connectivity index (χ0v) is 9.82. The second kappa shape index (κ2) is 2.70. The molecule has 4 rings (SSSR count). The predicted octanol–water partition coefficient (Wildman–Crippen LogP) is 1.66. The molecule has 1 N–H and O–H groups in total. The van der Waals surface area contributed by atoms with Crippen LogP contribution in [-0.4, -0.2) is 22.8 Å². The minimum atomic E-state index is -0.642. The minimum Gasteiger partial charge on any atom is -0.453 e. The lowest BCUT2D eigenvalue weighted by Crippen LogP contribution is -2.65. The molecule has 3 aliphatic carbocycles. The van der Waals surface area contributed by atoms with E-state index in [1.165, 1.54) is 0 Å². The zero-order valence-electron chi connectivity index (χ0n) is 9.82. The fourth-order valence-corrected chi connectivity index (χ4v) is 3.85. The smallest absolute Gasteiger partial charge is 0.334 e. The SMILES string of the molecule is C=C1CC2(CC3CC(C2O)C3(C)C)OC1=O. The molecule has 0 aromatic rings. The molecule has 3 saturated carbocycles. The van der Waals surface area contributed by atoms with Crippen LogP contribution in [0.1, 0.15) is 33.1 Å². The van der Waals surface area contributed by atoms with Gasteiger partial charge in [-0.25, -0.2) is 4.79 Å². The first-order chi connectivity index (χ1) is 7.37. The molecule has 2 bridgehead atoms. The Morgan fingerprint density at radius 3 is 2.62 bits per heavy atom. The van der Waals surface area contributed by atoms with Gasteiger partial charge in [0, 0.05) is 12.0 Å². The quantitative estimate of drug-likeness (QED) is 0.501. The topological polar surface area (TPSA) is 46.5 Å². The van der Waals surface area contributed by atoms with Crippen LogP contribution in [0.2, 0.25) is 0 Å². The van der Waals surface area contributed by atoms with Crippen molar-refractivity contribution in [3.05, 3.63) is 12.2 Å². The summed E-state index contributed by atoms with van der Waals surface area (Å²) in [6.45, 7) is 8.11. The molecule has 3 heteroatoms. The Balaban J connectivity index is 1.91. The van der Waals surface area contributed by atoms with Crippen molar-refractivity contribution in [2.24, 2.45) is 17.3 Å². The van der Waals surface area contributed by atoms with E-state index in [0.717, 1.165) is 12.8 Å². The molecule has 0 aromatic carbocycles. The Morgan fingerprint density at radius 1 is 1.50 bits per heavy atom. The van der Waals surface area contributed by atoms with Crippen LogP contribution in [0.3, 0.4) is 0 Å². The third-order valence-electron chi connectivity index (χ3n) is 5.16. The number of esters is 1. The number of rotatable bonds is 0. The lowest BCUT2D eigenvalue weighted by Gasteiger charge is -2.63. The molecular weight excluding hydrogens is 204 g/mol. The molecule has 3 nitrogen and oxygen atoms in total. The molecule has 1 aliphatic heterocycles. The van der Waals surface area contributed by atoms with Crippen molar-refractivity contribution in [2.75, 3.05) is 0 Å². The number of carbonyl (C=O) groups excluding carboxylic acids is 1. The van der Waals surface area contributed by atoms with Gasteiger partial charge >= 0.3 is 5.97 Å². The van der Waals surface area contributed by atoms with E-state index in [4.69, 9.17) is 4.74 Å². The summed E-state index contributed by atoms with van der Waals surface area (Å²) in [6, 6.07) is 0. The number of aliphatic hydroxyl groups is 1. The van der Waals surface area contributed by atoms with Gasteiger partial charge < -0.3 is 9.84 Å². The van der Waals surface area contributed by atoms with Crippen LogP contribution in [0.4, 0.5) is 0 Å². The molecule has 16 heavy (non-hydrogen) atoms. The zero-order chi connectivity index (χ0) is 11.7. The summed E-state index contributed by atoms with van der Waals surface area (Å²) in [7, 11) is 0. The Kier molecular flexibility index (Phi) is 1.74. The number of hydrogen-bond donors (Lipinski definition) is 1. The van der Waals surface area contributed by atoms with Crippen LogP contribution in [0.25, 0.3) is 0 Å². The average Bonchev–Trinajstić information content (AvgIpc) is 2.47. The Bertz CT molecular complexity index is 367. The molecule has 4 unspecified atom stereocenters. The molecular formula is C13H18O3. The molecule has 4 fully saturated rings. The van der Waals surface area contributed by atoms with E-state index < -0.39 is 11.7 Å². The van der Waals surface area contributed by atoms with Crippen LogP contribution in [0.5, 0.6) is 0 Å². The summed E-state index contributed by atoms with van der Waals surface area (Å²) >= 11 is 0. The highest BCUT2D eigenvalue weighted by Gasteiger charge is 2.66. The molecule has 0 radical (unpaired) electrons. The summed E-state index contributed by atoms with van der Waals surface area (Å²) in [5.74, 6) is 0.516. The Hall–Kier alpha value is -0.830. The van der Waals surface area contributed by atoms with Gasteiger partial charge in [0.05, 0.1) is 6.10 Å². The fourth-order valence-electron chi connectivity index (χ4n) is 3.85. The summed E-state index contributed by atoms with van der Waals surface area (Å²) < 4.78 is 5.42. The third kappa shape index (κ3) is 1.000. The maximum absolute atomic E-state index is 11.4. The molecule has 1 spiro atoms. The van der Waals surface area contributed by atoms with Crippen LogP contribution < -0.4 is 0 Å². The van der Waals surface area contributed by atoms with Gasteiger partial charge in [-0.05, 0) is 30.1 Å². The first-order valence-electron chi connectivity index (χ1n) is 5.96. The fraction of sp³-hybridized carbons (Fsp3) is 0.769. The largest absolute Gasteiger partial charge is 0.453 e. The molecule has 4 atom stereocenters. The second-order valence-corrected chi connectivity index (χ2v) is 6.24. The molecule has 0 amide bonds. The van der Waals surface area contributed by atoms with Gasteiger partial charge in [0.15, 0.2) is 0 Å². The van der Waals surface area contributed by atoms with Crippen molar-refractivity contribution in [2.45, 2.75) is 44.8 Å². The monoisotopic (exact) mass is 222 g/mol. The minimum absolute atomic E-state index is 0.195. The van der Waals surface area contributed by atoms with E-state index in [0.29, 0.717) is 17.9 Å². The number of aliphatic hydroxyl groups excluding tert-OH is 1. The van der Waals surface area contributed by atoms with E-state index in [1.807, 2.05) is 0 Å².